The summed E-state index contributed by atoms with van der Waals surface area (Å²) in [6, 6.07) is 3.37. The standard InChI is InChI=1S/C12H16BrNO4/c1-16-5-4-14-12(15)9-6-8(17-2)7-10(13)11(9)18-3/h6-7H,4-5H2,1-3H3,(H,14,15). The highest BCUT2D eigenvalue weighted by molar-refractivity contribution is 9.10. The van der Waals surface area contributed by atoms with Gasteiger partial charge in [0.05, 0.1) is 30.9 Å². The Morgan fingerprint density at radius 1 is 1.28 bits per heavy atom. The molecular weight excluding hydrogens is 302 g/mol. The van der Waals surface area contributed by atoms with Crippen LogP contribution in [-0.2, 0) is 4.74 Å². The largest absolute Gasteiger partial charge is 0.497 e. The first-order chi connectivity index (χ1) is 8.63. The van der Waals surface area contributed by atoms with Crippen molar-refractivity contribution in [3.8, 4) is 11.5 Å². The monoisotopic (exact) mass is 317 g/mol. The Labute approximate surface area is 115 Å². The highest BCUT2D eigenvalue weighted by Gasteiger charge is 2.16. The SMILES string of the molecule is COCCNC(=O)c1cc(OC)cc(Br)c1OC. The van der Waals surface area contributed by atoms with Crippen molar-refractivity contribution in [2.45, 2.75) is 0 Å². The summed E-state index contributed by atoms with van der Waals surface area (Å²) in [5, 5.41) is 2.73. The van der Waals surface area contributed by atoms with Crippen LogP contribution in [-0.4, -0.2) is 40.4 Å². The van der Waals surface area contributed by atoms with E-state index in [1.54, 1.807) is 26.4 Å². The fourth-order valence-electron chi connectivity index (χ4n) is 1.42. The summed E-state index contributed by atoms with van der Waals surface area (Å²) in [4.78, 5) is 12.0. The summed E-state index contributed by atoms with van der Waals surface area (Å²) >= 11 is 3.34. The lowest BCUT2D eigenvalue weighted by Crippen LogP contribution is -2.27. The summed E-state index contributed by atoms with van der Waals surface area (Å²) in [6.07, 6.45) is 0. The molecule has 0 aliphatic heterocycles. The van der Waals surface area contributed by atoms with Gasteiger partial charge in [-0.25, -0.2) is 0 Å². The molecular formula is C12H16BrNO4. The second-order valence-corrected chi connectivity index (χ2v) is 4.29. The molecule has 1 aromatic carbocycles. The molecule has 5 nitrogen and oxygen atoms in total. The zero-order valence-electron chi connectivity index (χ0n) is 10.6. The van der Waals surface area contributed by atoms with Gasteiger partial charge >= 0.3 is 0 Å². The molecule has 1 aromatic rings. The van der Waals surface area contributed by atoms with Crippen LogP contribution in [0.5, 0.6) is 11.5 Å². The van der Waals surface area contributed by atoms with Crippen LogP contribution in [0.25, 0.3) is 0 Å². The van der Waals surface area contributed by atoms with Gasteiger partial charge in [-0.1, -0.05) is 0 Å². The smallest absolute Gasteiger partial charge is 0.255 e. The van der Waals surface area contributed by atoms with E-state index < -0.39 is 0 Å². The number of benzene rings is 1. The highest BCUT2D eigenvalue weighted by Crippen LogP contribution is 2.33. The Morgan fingerprint density at radius 3 is 2.56 bits per heavy atom. The van der Waals surface area contributed by atoms with Gasteiger partial charge in [-0.3, -0.25) is 4.79 Å². The van der Waals surface area contributed by atoms with Gasteiger partial charge in [0.2, 0.25) is 0 Å². The van der Waals surface area contributed by atoms with Crippen molar-refractivity contribution >= 4 is 21.8 Å². The lowest BCUT2D eigenvalue weighted by molar-refractivity contribution is 0.0933. The third kappa shape index (κ3) is 3.61. The molecule has 6 heteroatoms. The summed E-state index contributed by atoms with van der Waals surface area (Å²) in [5.41, 5.74) is 0.417. The number of amides is 1. The first-order valence-electron chi connectivity index (χ1n) is 5.32. The van der Waals surface area contributed by atoms with Crippen molar-refractivity contribution in [1.29, 1.82) is 0 Å². The van der Waals surface area contributed by atoms with Crippen LogP contribution in [0.3, 0.4) is 0 Å². The van der Waals surface area contributed by atoms with Crippen molar-refractivity contribution in [2.24, 2.45) is 0 Å². The molecule has 0 fully saturated rings. The normalized spacial score (nSPS) is 10.0. The molecule has 0 heterocycles. The molecule has 1 amide bonds. The zero-order chi connectivity index (χ0) is 13.5. The van der Waals surface area contributed by atoms with Crippen LogP contribution in [0.2, 0.25) is 0 Å². The molecule has 0 aromatic heterocycles. The van der Waals surface area contributed by atoms with Crippen LogP contribution in [0.4, 0.5) is 0 Å². The van der Waals surface area contributed by atoms with Gasteiger partial charge in [0.1, 0.15) is 11.5 Å². The van der Waals surface area contributed by atoms with E-state index in [-0.39, 0.29) is 5.91 Å². The molecule has 1 N–H and O–H groups in total. The van der Waals surface area contributed by atoms with Gasteiger partial charge < -0.3 is 19.5 Å². The van der Waals surface area contributed by atoms with Gasteiger partial charge in [0.15, 0.2) is 0 Å². The lowest BCUT2D eigenvalue weighted by atomic mass is 10.1. The van der Waals surface area contributed by atoms with E-state index in [0.29, 0.717) is 34.7 Å². The number of carbonyl (C=O) groups is 1. The summed E-state index contributed by atoms with van der Waals surface area (Å²) in [7, 11) is 4.63. The molecule has 0 saturated heterocycles. The van der Waals surface area contributed by atoms with Gasteiger partial charge in [-0.05, 0) is 28.1 Å². The van der Waals surface area contributed by atoms with E-state index in [4.69, 9.17) is 14.2 Å². The van der Waals surface area contributed by atoms with E-state index in [0.717, 1.165) is 0 Å². The lowest BCUT2D eigenvalue weighted by Gasteiger charge is -2.12. The molecule has 0 unspecified atom stereocenters. The fraction of sp³-hybridized carbons (Fsp3) is 0.417. The van der Waals surface area contributed by atoms with Gasteiger partial charge in [-0.2, -0.15) is 0 Å². The zero-order valence-corrected chi connectivity index (χ0v) is 12.2. The number of carbonyl (C=O) groups excluding carboxylic acids is 1. The molecule has 0 aliphatic rings. The van der Waals surface area contributed by atoms with E-state index in [9.17, 15) is 4.79 Å². The second kappa shape index (κ2) is 7.23. The minimum atomic E-state index is -0.233. The molecule has 0 aliphatic carbocycles. The number of hydrogen-bond acceptors (Lipinski definition) is 4. The minimum Gasteiger partial charge on any atom is -0.497 e. The molecule has 100 valence electrons. The van der Waals surface area contributed by atoms with E-state index in [1.807, 2.05) is 0 Å². The molecule has 0 spiro atoms. The minimum absolute atomic E-state index is 0.233. The van der Waals surface area contributed by atoms with Crippen LogP contribution < -0.4 is 14.8 Å². The molecule has 0 radical (unpaired) electrons. The summed E-state index contributed by atoms with van der Waals surface area (Å²) < 4.78 is 15.9. The molecule has 0 saturated carbocycles. The Balaban J connectivity index is 2.97. The van der Waals surface area contributed by atoms with Gasteiger partial charge in [0, 0.05) is 13.7 Å². The molecule has 18 heavy (non-hydrogen) atoms. The van der Waals surface area contributed by atoms with Crippen molar-refractivity contribution in [1.82, 2.24) is 5.32 Å². The predicted molar refractivity (Wildman–Crippen MR) is 71.5 cm³/mol. The number of halogens is 1. The van der Waals surface area contributed by atoms with Crippen LogP contribution >= 0.6 is 15.9 Å². The number of hydrogen-bond donors (Lipinski definition) is 1. The number of rotatable bonds is 6. The molecule has 0 atom stereocenters. The van der Waals surface area contributed by atoms with Crippen molar-refractivity contribution in [3.63, 3.8) is 0 Å². The summed E-state index contributed by atoms with van der Waals surface area (Å²) in [6.45, 7) is 0.895. The van der Waals surface area contributed by atoms with Crippen molar-refractivity contribution in [3.05, 3.63) is 22.2 Å². The highest BCUT2D eigenvalue weighted by atomic mass is 79.9. The quantitative estimate of drug-likeness (QED) is 0.813. The van der Waals surface area contributed by atoms with Crippen LogP contribution in [0, 0.1) is 0 Å². The summed E-state index contributed by atoms with van der Waals surface area (Å²) in [5.74, 6) is 0.828. The fourth-order valence-corrected chi connectivity index (χ4v) is 2.03. The Kier molecular flexibility index (Phi) is 5.94. The Hall–Kier alpha value is -1.27. The third-order valence-corrected chi connectivity index (χ3v) is 2.88. The topological polar surface area (TPSA) is 56.8 Å². The van der Waals surface area contributed by atoms with Gasteiger partial charge in [0.25, 0.3) is 5.91 Å². The first kappa shape index (κ1) is 14.8. The molecule has 0 bridgehead atoms. The van der Waals surface area contributed by atoms with Crippen LogP contribution in [0.1, 0.15) is 10.4 Å². The number of ether oxygens (including phenoxy) is 3. The maximum atomic E-state index is 12.0. The van der Waals surface area contributed by atoms with E-state index in [1.165, 1.54) is 7.11 Å². The third-order valence-electron chi connectivity index (χ3n) is 2.29. The number of methoxy groups -OCH3 is 3. The maximum absolute atomic E-state index is 12.0. The Morgan fingerprint density at radius 2 is 2.00 bits per heavy atom. The van der Waals surface area contributed by atoms with E-state index in [2.05, 4.69) is 21.2 Å². The Bertz CT molecular complexity index is 423. The van der Waals surface area contributed by atoms with Gasteiger partial charge in [-0.15, -0.1) is 0 Å². The van der Waals surface area contributed by atoms with E-state index >= 15 is 0 Å². The average Bonchev–Trinajstić information content (AvgIpc) is 2.37. The van der Waals surface area contributed by atoms with Crippen molar-refractivity contribution in [2.75, 3.05) is 34.5 Å². The van der Waals surface area contributed by atoms with Crippen molar-refractivity contribution < 1.29 is 19.0 Å². The van der Waals surface area contributed by atoms with Crippen LogP contribution in [0.15, 0.2) is 16.6 Å². The predicted octanol–water partition coefficient (Wildman–Crippen LogP) is 1.84. The average molecular weight is 318 g/mol. The molecule has 1 rings (SSSR count). The first-order valence-corrected chi connectivity index (χ1v) is 6.12. The second-order valence-electron chi connectivity index (χ2n) is 3.44. The number of nitrogens with one attached hydrogen (secondary N) is 1. The maximum Gasteiger partial charge on any atom is 0.255 e.